The van der Waals surface area contributed by atoms with E-state index in [0.717, 1.165) is 11.1 Å². The van der Waals surface area contributed by atoms with E-state index < -0.39 is 48.4 Å². The molecule has 3 aliphatic carbocycles. The summed E-state index contributed by atoms with van der Waals surface area (Å²) < 4.78 is 31.3. The second-order valence-electron chi connectivity index (χ2n) is 16.2. The fourth-order valence-corrected chi connectivity index (χ4v) is 9.47. The van der Waals surface area contributed by atoms with Crippen LogP contribution < -0.4 is 14.2 Å². The molecule has 0 aliphatic heterocycles. The third kappa shape index (κ3) is 6.00. The van der Waals surface area contributed by atoms with E-state index in [4.69, 9.17) is 23.2 Å². The third-order valence-electron chi connectivity index (χ3n) is 11.7. The number of Topliss-reactive ketones (excluding diaryl/α,β-unsaturated/α-hetero) is 2. The molecule has 1 heterocycles. The lowest BCUT2D eigenvalue weighted by Gasteiger charge is -2.55. The molecular formula is C42H48N2O9Si. The fraction of sp³-hybridized carbons (Fsp3) is 0.405. The molecule has 0 bridgehead atoms. The summed E-state index contributed by atoms with van der Waals surface area (Å²) in [6, 6.07) is 19.8. The van der Waals surface area contributed by atoms with Crippen molar-refractivity contribution in [2.75, 3.05) is 21.2 Å². The van der Waals surface area contributed by atoms with Gasteiger partial charge in [-0.3, -0.25) is 14.5 Å². The lowest BCUT2D eigenvalue weighted by molar-refractivity contribution is -0.140. The summed E-state index contributed by atoms with van der Waals surface area (Å²) in [4.78, 5) is 33.1. The van der Waals surface area contributed by atoms with Crippen molar-refractivity contribution in [3.63, 3.8) is 0 Å². The van der Waals surface area contributed by atoms with Crippen molar-refractivity contribution in [3.8, 4) is 23.1 Å². The molecule has 2 N–H and O–H groups in total. The van der Waals surface area contributed by atoms with Gasteiger partial charge < -0.3 is 33.4 Å². The first kappa shape index (κ1) is 37.4. The number of aliphatic hydroxyl groups is 1. The molecule has 0 spiro atoms. The van der Waals surface area contributed by atoms with E-state index in [1.165, 1.54) is 13.2 Å². The molecule has 12 heteroatoms. The van der Waals surface area contributed by atoms with Gasteiger partial charge in [0.25, 0.3) is 5.88 Å². The second-order valence-corrected chi connectivity index (χ2v) is 21.0. The number of aromatic hydroxyl groups is 1. The molecule has 1 aromatic heterocycles. The van der Waals surface area contributed by atoms with Gasteiger partial charge >= 0.3 is 0 Å². The van der Waals surface area contributed by atoms with Crippen LogP contribution >= 0.6 is 0 Å². The van der Waals surface area contributed by atoms with Crippen LogP contribution in [0.15, 0.2) is 76.8 Å². The highest BCUT2D eigenvalue weighted by Gasteiger charge is 2.69. The number of ketones is 2. The molecule has 0 unspecified atom stereocenters. The van der Waals surface area contributed by atoms with Crippen LogP contribution in [0.5, 0.6) is 23.1 Å². The first-order valence-corrected chi connectivity index (χ1v) is 21.2. The first-order valence-electron chi connectivity index (χ1n) is 18.3. The number of carbonyl (C=O) groups excluding carboxylic acids is 2. The maximum absolute atomic E-state index is 15.7. The van der Waals surface area contributed by atoms with Gasteiger partial charge in [0.1, 0.15) is 30.3 Å². The molecule has 3 aromatic carbocycles. The zero-order valence-corrected chi connectivity index (χ0v) is 33.1. The van der Waals surface area contributed by atoms with E-state index in [2.05, 4.69) is 25.9 Å². The highest BCUT2D eigenvalue weighted by molar-refractivity contribution is 6.74. The standard InChI is InChI=1S/C42H48N2O9Si/c1-41(2,3)54(7,8)53-42-28(34(44(4)5)37-33(39(42)48)40(43-52-37)51-23-25-17-13-10-14-18-25)20-26-19-27-30(49-6)21-29(45)36(32(27)35(46)31(26)38(42)47)50-22-24-15-11-9-12-16-24/h9-18,21,26,28,34,45-46H,19-20,22-23H2,1-8H3/t26-,28-,34-,42-/m0/s1. The number of aliphatic hydroxyl groups excluding tert-OH is 1. The van der Waals surface area contributed by atoms with Crippen molar-refractivity contribution in [1.29, 1.82) is 0 Å². The van der Waals surface area contributed by atoms with Gasteiger partial charge in [0, 0.05) is 23.1 Å². The number of phenolic OH excluding ortho intramolecular Hbond substituents is 1. The van der Waals surface area contributed by atoms with Crippen LogP contribution in [0.2, 0.25) is 18.1 Å². The Hall–Kier alpha value is -4.91. The zero-order chi connectivity index (χ0) is 38.7. The summed E-state index contributed by atoms with van der Waals surface area (Å²) >= 11 is 0. The van der Waals surface area contributed by atoms with Crippen molar-refractivity contribution >= 4 is 25.6 Å². The van der Waals surface area contributed by atoms with Gasteiger partial charge in [-0.15, -0.1) is 0 Å². The van der Waals surface area contributed by atoms with Crippen LogP contribution in [0.1, 0.15) is 71.6 Å². The largest absolute Gasteiger partial charge is 0.507 e. The maximum Gasteiger partial charge on any atom is 0.265 e. The average molecular weight is 753 g/mol. The van der Waals surface area contributed by atoms with Crippen LogP contribution in [0, 0.1) is 11.8 Å². The van der Waals surface area contributed by atoms with Gasteiger partial charge in [0.15, 0.2) is 31.2 Å². The highest BCUT2D eigenvalue weighted by atomic mass is 28.4. The van der Waals surface area contributed by atoms with Crippen molar-refractivity contribution in [2.24, 2.45) is 11.8 Å². The van der Waals surface area contributed by atoms with E-state index in [9.17, 15) is 10.2 Å². The van der Waals surface area contributed by atoms with Gasteiger partial charge in [0.05, 0.1) is 18.7 Å². The Morgan fingerprint density at radius 2 is 1.54 bits per heavy atom. The minimum absolute atomic E-state index is 0.0178. The molecule has 0 saturated heterocycles. The van der Waals surface area contributed by atoms with Gasteiger partial charge in [-0.25, -0.2) is 0 Å². The molecule has 3 aliphatic rings. The normalized spacial score (nSPS) is 22.4. The smallest absolute Gasteiger partial charge is 0.265 e. The first-order chi connectivity index (χ1) is 25.6. The van der Waals surface area contributed by atoms with Crippen LogP contribution in [-0.4, -0.2) is 67.0 Å². The fourth-order valence-electron chi connectivity index (χ4n) is 8.02. The lowest BCUT2D eigenvalue weighted by atomic mass is 9.57. The van der Waals surface area contributed by atoms with E-state index >= 15 is 9.59 Å². The maximum atomic E-state index is 15.7. The third-order valence-corrected chi connectivity index (χ3v) is 16.1. The Morgan fingerprint density at radius 1 is 0.926 bits per heavy atom. The van der Waals surface area contributed by atoms with Crippen LogP contribution in [0.3, 0.4) is 0 Å². The van der Waals surface area contributed by atoms with Crippen LogP contribution in [-0.2, 0) is 28.9 Å². The van der Waals surface area contributed by atoms with E-state index in [-0.39, 0.29) is 59.5 Å². The van der Waals surface area contributed by atoms with Gasteiger partial charge in [-0.05, 0) is 67.3 Å². The number of rotatable bonds is 10. The number of fused-ring (bicyclic) bond motifs is 4. The Bertz CT molecular complexity index is 2120. The number of ether oxygens (including phenoxy) is 3. The highest BCUT2D eigenvalue weighted by Crippen LogP contribution is 2.60. The summed E-state index contributed by atoms with van der Waals surface area (Å²) in [5, 5.41) is 27.5. The summed E-state index contributed by atoms with van der Waals surface area (Å²) in [5.74, 6) is -2.42. The minimum atomic E-state index is -2.92. The molecule has 4 aromatic rings. The molecule has 4 atom stereocenters. The van der Waals surface area contributed by atoms with Crippen LogP contribution in [0.25, 0.3) is 5.76 Å². The Morgan fingerprint density at radius 3 is 2.11 bits per heavy atom. The molecule has 284 valence electrons. The number of aromatic nitrogens is 1. The molecule has 11 nitrogen and oxygen atoms in total. The van der Waals surface area contributed by atoms with E-state index in [1.54, 1.807) is 0 Å². The van der Waals surface area contributed by atoms with Gasteiger partial charge in [-0.1, -0.05) is 81.4 Å². The SMILES string of the molecule is COc1cc(O)c(OCc2ccccc2)c2c1C[C@H]1C[C@H]3[C@H](N(C)C)c4onc(OCc5ccccc5)c4C(=O)[C@@]3(O[Si](C)(C)C(C)(C)C)C(=O)C1=C2O. The van der Waals surface area contributed by atoms with Crippen LogP contribution in [0.4, 0.5) is 0 Å². The molecule has 1 fully saturated rings. The molecular weight excluding hydrogens is 705 g/mol. The van der Waals surface area contributed by atoms with Crippen molar-refractivity contribution in [1.82, 2.24) is 10.1 Å². The minimum Gasteiger partial charge on any atom is -0.507 e. The number of nitrogens with zero attached hydrogens (tertiary/aromatic N) is 2. The zero-order valence-electron chi connectivity index (χ0n) is 32.1. The summed E-state index contributed by atoms with van der Waals surface area (Å²) in [5.41, 5.74) is 0.538. The Labute approximate surface area is 316 Å². The van der Waals surface area contributed by atoms with E-state index in [1.807, 2.05) is 92.8 Å². The van der Waals surface area contributed by atoms with Crippen molar-refractivity contribution in [3.05, 3.63) is 106 Å². The lowest BCUT2D eigenvalue weighted by Crippen LogP contribution is -2.68. The average Bonchev–Trinajstić information content (AvgIpc) is 3.55. The summed E-state index contributed by atoms with van der Waals surface area (Å²) in [6.07, 6.45) is 0.569. The summed E-state index contributed by atoms with van der Waals surface area (Å²) in [7, 11) is 2.32. The Balaban J connectivity index is 1.42. The van der Waals surface area contributed by atoms with Crippen molar-refractivity contribution in [2.45, 2.75) is 76.6 Å². The quantitative estimate of drug-likeness (QED) is 0.121. The van der Waals surface area contributed by atoms with Crippen molar-refractivity contribution < 1.29 is 43.0 Å². The molecule has 54 heavy (non-hydrogen) atoms. The van der Waals surface area contributed by atoms with Gasteiger partial charge in [0.2, 0.25) is 11.6 Å². The molecule has 1 saturated carbocycles. The van der Waals surface area contributed by atoms with Gasteiger partial charge in [-0.2, -0.15) is 0 Å². The number of hydrogen-bond donors (Lipinski definition) is 2. The molecule has 0 amide bonds. The number of methoxy groups -OCH3 is 1. The number of carbonyl (C=O) groups is 2. The number of benzene rings is 3. The van der Waals surface area contributed by atoms with E-state index in [0.29, 0.717) is 23.5 Å². The predicted octanol–water partition coefficient (Wildman–Crippen LogP) is 7.84. The topological polar surface area (TPSA) is 141 Å². The molecule has 7 rings (SSSR count). The number of hydrogen-bond acceptors (Lipinski definition) is 11. The monoisotopic (exact) mass is 752 g/mol. The Kier molecular flexibility index (Phi) is 9.52. The molecule has 0 radical (unpaired) electrons. The summed E-state index contributed by atoms with van der Waals surface area (Å²) in [6.45, 7) is 10.4. The number of phenols is 1. The predicted molar refractivity (Wildman–Crippen MR) is 204 cm³/mol. The second kappa shape index (κ2) is 13.7.